The van der Waals surface area contributed by atoms with Gasteiger partial charge in [-0.3, -0.25) is 9.80 Å². The summed E-state index contributed by atoms with van der Waals surface area (Å²) in [5.41, 5.74) is 1.13. The van der Waals surface area contributed by atoms with Crippen molar-refractivity contribution < 1.29 is 9.05 Å². The number of rotatable bonds is 3. The fourth-order valence-electron chi connectivity index (χ4n) is 2.50. The van der Waals surface area contributed by atoms with E-state index in [0.717, 1.165) is 37.5 Å². The average Bonchev–Trinajstić information content (AvgIpc) is 3.02. The first-order valence-corrected chi connectivity index (χ1v) is 6.76. The molecular weight excluding hydrogens is 258 g/mol. The third-order valence-electron chi connectivity index (χ3n) is 3.80. The minimum Gasteiger partial charge on any atom is -0.361 e. The molecule has 3 heterocycles. The summed E-state index contributed by atoms with van der Waals surface area (Å²) in [7, 11) is 2.09. The van der Waals surface area contributed by atoms with Crippen LogP contribution in [0.4, 0.5) is 0 Å². The summed E-state index contributed by atoms with van der Waals surface area (Å²) in [6.07, 6.45) is 1.79. The molecule has 20 heavy (non-hydrogen) atoms. The first-order chi connectivity index (χ1) is 9.63. The van der Waals surface area contributed by atoms with Gasteiger partial charge in [0.2, 0.25) is 5.89 Å². The number of aryl methyl sites for hydroxylation is 2. The van der Waals surface area contributed by atoms with Crippen LogP contribution in [0.25, 0.3) is 0 Å². The molecule has 0 bridgehead atoms. The summed E-state index contributed by atoms with van der Waals surface area (Å²) in [6, 6.07) is 0.144. The Morgan fingerprint density at radius 2 is 2.15 bits per heavy atom. The summed E-state index contributed by atoms with van der Waals surface area (Å²) < 4.78 is 10.4. The lowest BCUT2D eigenvalue weighted by atomic mass is 10.1. The minimum atomic E-state index is 0.144. The maximum Gasteiger partial charge on any atom is 0.245 e. The monoisotopic (exact) mass is 277 g/mol. The zero-order valence-corrected chi connectivity index (χ0v) is 12.0. The normalized spacial score (nSPS) is 21.4. The molecular formula is C13H19N5O2. The highest BCUT2D eigenvalue weighted by Gasteiger charge is 2.30. The first-order valence-electron chi connectivity index (χ1n) is 6.76. The van der Waals surface area contributed by atoms with E-state index in [1.54, 1.807) is 6.20 Å². The van der Waals surface area contributed by atoms with Gasteiger partial charge in [0.25, 0.3) is 0 Å². The second kappa shape index (κ2) is 5.34. The van der Waals surface area contributed by atoms with E-state index >= 15 is 0 Å². The Labute approximate surface area is 117 Å². The number of aromatic nitrogens is 3. The molecule has 0 aliphatic carbocycles. The summed E-state index contributed by atoms with van der Waals surface area (Å²) >= 11 is 0. The van der Waals surface area contributed by atoms with E-state index in [0.29, 0.717) is 11.7 Å². The fourth-order valence-corrected chi connectivity index (χ4v) is 2.50. The molecule has 1 aliphatic rings. The van der Waals surface area contributed by atoms with Crippen LogP contribution in [0, 0.1) is 13.8 Å². The van der Waals surface area contributed by atoms with Crippen molar-refractivity contribution >= 4 is 0 Å². The smallest absolute Gasteiger partial charge is 0.245 e. The number of nitrogens with zero attached hydrogens (tertiary/aromatic N) is 5. The highest BCUT2D eigenvalue weighted by atomic mass is 16.5. The molecule has 1 unspecified atom stereocenters. The van der Waals surface area contributed by atoms with Gasteiger partial charge in [-0.1, -0.05) is 10.3 Å². The van der Waals surface area contributed by atoms with E-state index < -0.39 is 0 Å². The van der Waals surface area contributed by atoms with Gasteiger partial charge in [-0.05, 0) is 20.9 Å². The van der Waals surface area contributed by atoms with Crippen LogP contribution in [0.3, 0.4) is 0 Å². The summed E-state index contributed by atoms with van der Waals surface area (Å²) in [5, 5.41) is 7.71. The van der Waals surface area contributed by atoms with Gasteiger partial charge in [0.1, 0.15) is 11.8 Å². The van der Waals surface area contributed by atoms with Gasteiger partial charge in [0.15, 0.2) is 5.82 Å². The lowest BCUT2D eigenvalue weighted by Gasteiger charge is -2.37. The van der Waals surface area contributed by atoms with Gasteiger partial charge in [0.05, 0.1) is 6.20 Å². The van der Waals surface area contributed by atoms with Gasteiger partial charge < -0.3 is 9.05 Å². The Kier molecular flexibility index (Phi) is 3.54. The van der Waals surface area contributed by atoms with Crippen LogP contribution in [0.5, 0.6) is 0 Å². The van der Waals surface area contributed by atoms with Crippen molar-refractivity contribution in [3.63, 3.8) is 0 Å². The van der Waals surface area contributed by atoms with Gasteiger partial charge >= 0.3 is 0 Å². The zero-order valence-electron chi connectivity index (χ0n) is 12.0. The Balaban J connectivity index is 1.71. The summed E-state index contributed by atoms with van der Waals surface area (Å²) in [5.74, 6) is 2.26. The van der Waals surface area contributed by atoms with Gasteiger partial charge in [-0.15, -0.1) is 0 Å². The fraction of sp³-hybridized carbons (Fsp3) is 0.615. The van der Waals surface area contributed by atoms with Crippen LogP contribution in [-0.2, 0) is 6.54 Å². The highest BCUT2D eigenvalue weighted by molar-refractivity contribution is 5.11. The van der Waals surface area contributed by atoms with Crippen LogP contribution in [0.1, 0.15) is 29.1 Å². The van der Waals surface area contributed by atoms with Crippen LogP contribution >= 0.6 is 0 Å². The molecule has 3 rings (SSSR count). The van der Waals surface area contributed by atoms with Crippen molar-refractivity contribution in [2.24, 2.45) is 0 Å². The van der Waals surface area contributed by atoms with E-state index in [-0.39, 0.29) is 6.04 Å². The molecule has 0 aromatic carbocycles. The molecule has 0 amide bonds. The minimum absolute atomic E-state index is 0.144. The second-order valence-corrected chi connectivity index (χ2v) is 5.32. The Morgan fingerprint density at radius 1 is 1.30 bits per heavy atom. The molecule has 0 radical (unpaired) electrons. The maximum atomic E-state index is 5.32. The van der Waals surface area contributed by atoms with E-state index in [9.17, 15) is 0 Å². The van der Waals surface area contributed by atoms with Crippen molar-refractivity contribution in [3.8, 4) is 0 Å². The second-order valence-electron chi connectivity index (χ2n) is 5.32. The van der Waals surface area contributed by atoms with E-state index in [1.165, 1.54) is 0 Å². The van der Waals surface area contributed by atoms with Gasteiger partial charge in [-0.2, -0.15) is 4.98 Å². The number of likely N-dealkylation sites (N-methyl/N-ethyl adjacent to an activating group) is 1. The average molecular weight is 277 g/mol. The van der Waals surface area contributed by atoms with Crippen LogP contribution in [0.15, 0.2) is 15.2 Å². The molecule has 1 saturated heterocycles. The predicted molar refractivity (Wildman–Crippen MR) is 70.9 cm³/mol. The topological polar surface area (TPSA) is 71.4 Å². The van der Waals surface area contributed by atoms with Crippen LogP contribution < -0.4 is 0 Å². The third kappa shape index (κ3) is 2.59. The molecule has 0 N–H and O–H groups in total. The first kappa shape index (κ1) is 13.3. The van der Waals surface area contributed by atoms with E-state index in [4.69, 9.17) is 9.05 Å². The standard InChI is InChI=1S/C13H19N5O2/c1-9-11(6-14-19-9)7-18-5-4-17(3)12(8-18)13-15-10(2)16-20-13/h6,12H,4-5,7-8H2,1-3H3. The molecule has 2 aromatic heterocycles. The number of piperazine rings is 1. The van der Waals surface area contributed by atoms with Crippen molar-refractivity contribution in [2.45, 2.75) is 26.4 Å². The van der Waals surface area contributed by atoms with Crippen LogP contribution in [0.2, 0.25) is 0 Å². The van der Waals surface area contributed by atoms with E-state index in [1.807, 2.05) is 13.8 Å². The van der Waals surface area contributed by atoms with Gasteiger partial charge in [-0.25, -0.2) is 0 Å². The van der Waals surface area contributed by atoms with Crippen LogP contribution in [-0.4, -0.2) is 51.8 Å². The molecule has 7 nitrogen and oxygen atoms in total. The Morgan fingerprint density at radius 3 is 2.80 bits per heavy atom. The lowest BCUT2D eigenvalue weighted by Crippen LogP contribution is -2.46. The van der Waals surface area contributed by atoms with Crippen molar-refractivity contribution in [3.05, 3.63) is 29.2 Å². The molecule has 1 fully saturated rings. The quantitative estimate of drug-likeness (QED) is 0.833. The van der Waals surface area contributed by atoms with Gasteiger partial charge in [0, 0.05) is 31.7 Å². The Hall–Kier alpha value is -1.73. The molecule has 1 atom stereocenters. The predicted octanol–water partition coefficient (Wildman–Crippen LogP) is 1.16. The molecule has 7 heteroatoms. The van der Waals surface area contributed by atoms with Crippen molar-refractivity contribution in [1.82, 2.24) is 25.1 Å². The number of hydrogen-bond acceptors (Lipinski definition) is 7. The lowest BCUT2D eigenvalue weighted by molar-refractivity contribution is 0.0712. The Bertz CT molecular complexity index is 579. The zero-order chi connectivity index (χ0) is 14.1. The highest BCUT2D eigenvalue weighted by Crippen LogP contribution is 2.24. The maximum absolute atomic E-state index is 5.32. The molecule has 2 aromatic rings. The SMILES string of the molecule is Cc1noc(C2CN(Cc3cnoc3C)CCN2C)n1. The number of hydrogen-bond donors (Lipinski definition) is 0. The summed E-state index contributed by atoms with van der Waals surface area (Å²) in [4.78, 5) is 8.98. The largest absolute Gasteiger partial charge is 0.361 e. The van der Waals surface area contributed by atoms with E-state index in [2.05, 4.69) is 32.1 Å². The molecule has 108 valence electrons. The molecule has 0 spiro atoms. The van der Waals surface area contributed by atoms with Crippen molar-refractivity contribution in [1.29, 1.82) is 0 Å². The third-order valence-corrected chi connectivity index (χ3v) is 3.80. The summed E-state index contributed by atoms with van der Waals surface area (Å²) in [6.45, 7) is 7.46. The molecule has 1 aliphatic heterocycles. The molecule has 0 saturated carbocycles. The van der Waals surface area contributed by atoms with Crippen molar-refractivity contribution in [2.75, 3.05) is 26.7 Å².